The van der Waals surface area contributed by atoms with E-state index < -0.39 is 14.0 Å². The van der Waals surface area contributed by atoms with Crippen molar-refractivity contribution < 1.29 is 19.1 Å². The fourth-order valence-corrected chi connectivity index (χ4v) is 2.12. The molecule has 0 aliphatic rings. The van der Waals surface area contributed by atoms with Crippen LogP contribution in [0.5, 0.6) is 5.75 Å². The summed E-state index contributed by atoms with van der Waals surface area (Å²) < 4.78 is 10.2. The van der Waals surface area contributed by atoms with Gasteiger partial charge in [-0.25, -0.2) is 9.78 Å². The van der Waals surface area contributed by atoms with Crippen LogP contribution in [0.1, 0.15) is 30.0 Å². The van der Waals surface area contributed by atoms with Crippen molar-refractivity contribution in [3.63, 3.8) is 0 Å². The Morgan fingerprint density at radius 2 is 2.00 bits per heavy atom. The normalized spacial score (nSPS) is 10.3. The third-order valence-electron chi connectivity index (χ3n) is 2.54. The molecular formula is C16H22N2O4Si. The van der Waals surface area contributed by atoms with Crippen molar-refractivity contribution in [2.45, 2.75) is 33.5 Å². The lowest BCUT2D eigenvalue weighted by atomic mass is 10.2. The molecule has 1 amide bonds. The summed E-state index contributed by atoms with van der Waals surface area (Å²) in [6.07, 6.45) is 0. The van der Waals surface area contributed by atoms with Gasteiger partial charge in [-0.2, -0.15) is 0 Å². The second-order valence-corrected chi connectivity index (χ2v) is 10.6. The number of aromatic nitrogens is 1. The first-order valence-electron chi connectivity index (χ1n) is 7.25. The standard InChI is InChI=1S/C16H22N2O4Si/c1-7-22-16(20)15-14(21-3)10-13(17-11(2)19)12(18-15)8-9-23(4,5)6/h10H,7H2,1-6H3,(H,17,19). The SMILES string of the molecule is CCOC(=O)c1nc(C#C[Si](C)(C)C)c(NC(C)=O)cc1OC. The van der Waals surface area contributed by atoms with Gasteiger partial charge in [0.25, 0.3) is 0 Å². The van der Waals surface area contributed by atoms with Crippen LogP contribution < -0.4 is 10.1 Å². The Hall–Kier alpha value is -2.33. The highest BCUT2D eigenvalue weighted by Crippen LogP contribution is 2.25. The molecule has 1 N–H and O–H groups in total. The fraction of sp³-hybridized carbons (Fsp3) is 0.438. The Morgan fingerprint density at radius 3 is 2.48 bits per heavy atom. The monoisotopic (exact) mass is 334 g/mol. The summed E-state index contributed by atoms with van der Waals surface area (Å²) in [4.78, 5) is 27.6. The molecule has 1 heterocycles. The smallest absolute Gasteiger partial charge is 0.360 e. The Bertz CT molecular complexity index is 669. The highest BCUT2D eigenvalue weighted by molar-refractivity contribution is 6.83. The second kappa shape index (κ2) is 7.79. The van der Waals surface area contributed by atoms with Gasteiger partial charge in [-0.15, -0.1) is 5.54 Å². The number of carbonyl (C=O) groups is 2. The van der Waals surface area contributed by atoms with Crippen molar-refractivity contribution in [1.29, 1.82) is 0 Å². The van der Waals surface area contributed by atoms with Crippen molar-refractivity contribution >= 4 is 25.6 Å². The molecule has 6 nitrogen and oxygen atoms in total. The molecule has 0 unspecified atom stereocenters. The van der Waals surface area contributed by atoms with Gasteiger partial charge in [-0.3, -0.25) is 4.79 Å². The number of rotatable bonds is 4. The first-order chi connectivity index (χ1) is 10.7. The highest BCUT2D eigenvalue weighted by Gasteiger charge is 2.20. The van der Waals surface area contributed by atoms with Crippen molar-refractivity contribution in [3.8, 4) is 17.2 Å². The number of methoxy groups -OCH3 is 1. The zero-order chi connectivity index (χ0) is 17.6. The van der Waals surface area contributed by atoms with Crippen molar-refractivity contribution in [2.75, 3.05) is 19.0 Å². The van der Waals surface area contributed by atoms with Gasteiger partial charge in [0.1, 0.15) is 13.8 Å². The minimum absolute atomic E-state index is 0.0447. The molecule has 23 heavy (non-hydrogen) atoms. The van der Waals surface area contributed by atoms with Gasteiger partial charge in [0, 0.05) is 13.0 Å². The van der Waals surface area contributed by atoms with Crippen LogP contribution in [0.3, 0.4) is 0 Å². The maximum atomic E-state index is 12.0. The predicted octanol–water partition coefficient (Wildman–Crippen LogP) is 2.45. The quantitative estimate of drug-likeness (QED) is 0.520. The van der Waals surface area contributed by atoms with Crippen molar-refractivity contribution in [1.82, 2.24) is 4.98 Å². The lowest BCUT2D eigenvalue weighted by molar-refractivity contribution is -0.114. The van der Waals surface area contributed by atoms with Crippen LogP contribution >= 0.6 is 0 Å². The number of pyridine rings is 1. The molecule has 0 spiro atoms. The lowest BCUT2D eigenvalue weighted by Crippen LogP contribution is -2.17. The number of carbonyl (C=O) groups excluding carboxylic acids is 2. The van der Waals surface area contributed by atoms with E-state index in [-0.39, 0.29) is 24.0 Å². The Balaban J connectivity index is 3.47. The second-order valence-electron chi connectivity index (χ2n) is 5.84. The molecule has 1 rings (SSSR count). The Labute approximate surface area is 137 Å². The summed E-state index contributed by atoms with van der Waals surface area (Å²) in [5, 5.41) is 2.66. The molecule has 0 aliphatic heterocycles. The molecule has 1 aromatic heterocycles. The van der Waals surface area contributed by atoms with E-state index in [0.717, 1.165) is 0 Å². The van der Waals surface area contributed by atoms with E-state index >= 15 is 0 Å². The predicted molar refractivity (Wildman–Crippen MR) is 91.3 cm³/mol. The first-order valence-corrected chi connectivity index (χ1v) is 10.7. The molecule has 0 aromatic carbocycles. The molecule has 1 aromatic rings. The molecule has 0 saturated heterocycles. The number of hydrogen-bond acceptors (Lipinski definition) is 5. The molecular weight excluding hydrogens is 312 g/mol. The number of anilines is 1. The number of hydrogen-bond donors (Lipinski definition) is 1. The van der Waals surface area contributed by atoms with Gasteiger partial charge < -0.3 is 14.8 Å². The Kier molecular flexibility index (Phi) is 6.34. The van der Waals surface area contributed by atoms with Gasteiger partial charge in [-0.1, -0.05) is 25.6 Å². The number of nitrogens with zero attached hydrogens (tertiary/aromatic N) is 1. The largest absolute Gasteiger partial charge is 0.494 e. The maximum absolute atomic E-state index is 12.0. The molecule has 0 radical (unpaired) electrons. The van der Waals surface area contributed by atoms with Gasteiger partial charge in [0.2, 0.25) is 5.91 Å². The van der Waals surface area contributed by atoms with E-state index in [1.54, 1.807) is 6.92 Å². The van der Waals surface area contributed by atoms with Gasteiger partial charge >= 0.3 is 5.97 Å². The fourth-order valence-electron chi connectivity index (χ4n) is 1.62. The minimum atomic E-state index is -1.65. The van der Waals surface area contributed by atoms with E-state index in [1.165, 1.54) is 20.1 Å². The number of esters is 1. The molecule has 0 fully saturated rings. The summed E-state index contributed by atoms with van der Waals surface area (Å²) in [5.41, 5.74) is 3.95. The zero-order valence-corrected chi connectivity index (χ0v) is 15.4. The summed E-state index contributed by atoms with van der Waals surface area (Å²) in [5.74, 6) is 2.35. The summed E-state index contributed by atoms with van der Waals surface area (Å²) in [6.45, 7) is 9.60. The summed E-state index contributed by atoms with van der Waals surface area (Å²) in [7, 11) is -0.224. The molecule has 7 heteroatoms. The lowest BCUT2D eigenvalue weighted by Gasteiger charge is -2.12. The third kappa shape index (κ3) is 5.75. The van der Waals surface area contributed by atoms with E-state index in [1.807, 2.05) is 0 Å². The number of nitrogens with one attached hydrogen (secondary N) is 1. The van der Waals surface area contributed by atoms with E-state index in [0.29, 0.717) is 11.4 Å². The average molecular weight is 334 g/mol. The van der Waals surface area contributed by atoms with E-state index in [9.17, 15) is 9.59 Å². The summed E-state index contributed by atoms with van der Waals surface area (Å²) in [6, 6.07) is 1.54. The van der Waals surface area contributed by atoms with Crippen LogP contribution in [0.15, 0.2) is 6.07 Å². The molecule has 0 bridgehead atoms. The van der Waals surface area contributed by atoms with Crippen LogP contribution in [0.4, 0.5) is 5.69 Å². The van der Waals surface area contributed by atoms with E-state index in [2.05, 4.69) is 41.4 Å². The average Bonchev–Trinajstić information content (AvgIpc) is 2.44. The van der Waals surface area contributed by atoms with E-state index in [4.69, 9.17) is 9.47 Å². The summed E-state index contributed by atoms with van der Waals surface area (Å²) >= 11 is 0. The molecule has 124 valence electrons. The van der Waals surface area contributed by atoms with Gasteiger partial charge in [0.15, 0.2) is 11.4 Å². The van der Waals surface area contributed by atoms with Gasteiger partial charge in [0.05, 0.1) is 19.4 Å². The van der Waals surface area contributed by atoms with Gasteiger partial charge in [-0.05, 0) is 6.92 Å². The van der Waals surface area contributed by atoms with Crippen LogP contribution in [-0.2, 0) is 9.53 Å². The topological polar surface area (TPSA) is 77.5 Å². The Morgan fingerprint density at radius 1 is 1.35 bits per heavy atom. The van der Waals surface area contributed by atoms with Crippen LogP contribution in [-0.4, -0.2) is 38.7 Å². The zero-order valence-electron chi connectivity index (χ0n) is 14.4. The molecule has 0 saturated carbocycles. The van der Waals surface area contributed by atoms with Crippen LogP contribution in [0.25, 0.3) is 0 Å². The highest BCUT2D eigenvalue weighted by atomic mass is 28.3. The molecule has 0 aliphatic carbocycles. The first kappa shape index (κ1) is 18.7. The van der Waals surface area contributed by atoms with Crippen LogP contribution in [0.2, 0.25) is 19.6 Å². The number of amides is 1. The molecule has 0 atom stereocenters. The maximum Gasteiger partial charge on any atom is 0.360 e. The van der Waals surface area contributed by atoms with Crippen LogP contribution in [0, 0.1) is 11.5 Å². The van der Waals surface area contributed by atoms with Crippen molar-refractivity contribution in [3.05, 3.63) is 17.5 Å². The number of ether oxygens (including phenoxy) is 2. The minimum Gasteiger partial charge on any atom is -0.494 e. The van der Waals surface area contributed by atoms with Crippen molar-refractivity contribution in [2.24, 2.45) is 0 Å². The third-order valence-corrected chi connectivity index (χ3v) is 3.42.